The first-order valence-corrected chi connectivity index (χ1v) is 15.9. The number of ether oxygens (including phenoxy) is 4. The summed E-state index contributed by atoms with van der Waals surface area (Å²) in [4.78, 5) is 17.1. The molecule has 4 aliphatic heterocycles. The summed E-state index contributed by atoms with van der Waals surface area (Å²) in [6.45, 7) is 12.0. The summed E-state index contributed by atoms with van der Waals surface area (Å²) >= 11 is 0. The molecule has 0 aromatic heterocycles. The fourth-order valence-corrected chi connectivity index (χ4v) is 7.65. The zero-order chi connectivity index (χ0) is 27.3. The van der Waals surface area contributed by atoms with Crippen molar-refractivity contribution in [3.05, 3.63) is 11.6 Å². The highest BCUT2D eigenvalue weighted by Gasteiger charge is 2.72. The topological polar surface area (TPSA) is 104 Å². The fourth-order valence-electron chi connectivity index (χ4n) is 6.83. The summed E-state index contributed by atoms with van der Waals surface area (Å²) in [5.41, 5.74) is 0.705. The summed E-state index contributed by atoms with van der Waals surface area (Å²) in [6, 6.07) is 0. The number of likely N-dealkylation sites (tertiary alicyclic amines) is 1. The van der Waals surface area contributed by atoms with E-state index in [4.69, 9.17) is 18.9 Å². The molecule has 0 N–H and O–H groups in total. The number of carbonyl (C=O) groups excluding carboxylic acids is 1. The number of methoxy groups -OCH3 is 1. The molecule has 0 aromatic rings. The van der Waals surface area contributed by atoms with Crippen LogP contribution in [0.25, 0.3) is 0 Å². The number of piperazine rings is 1. The summed E-state index contributed by atoms with van der Waals surface area (Å²) in [5.74, 6) is 0.472. The lowest BCUT2D eigenvalue weighted by Gasteiger charge is -2.45. The Morgan fingerprint density at radius 2 is 1.84 bits per heavy atom. The number of sulfonamides is 1. The first kappa shape index (κ1) is 28.3. The number of hydrogen-bond donors (Lipinski definition) is 0. The largest absolute Gasteiger partial charge is 0.443 e. The molecule has 5 fully saturated rings. The Balaban J connectivity index is 1.09. The van der Waals surface area contributed by atoms with Crippen LogP contribution in [0.5, 0.6) is 0 Å². The minimum absolute atomic E-state index is 0.0226. The molecule has 1 amide bonds. The van der Waals surface area contributed by atoms with Gasteiger partial charge >= 0.3 is 6.09 Å². The molecule has 0 radical (unpaired) electrons. The van der Waals surface area contributed by atoms with Gasteiger partial charge in [0.25, 0.3) is 0 Å². The maximum absolute atomic E-state index is 13.0. The number of nitrogens with zero attached hydrogens (tertiary/aromatic N) is 3. The van der Waals surface area contributed by atoms with E-state index in [0.29, 0.717) is 38.7 Å². The van der Waals surface area contributed by atoms with E-state index in [-0.39, 0.29) is 41.5 Å². The minimum atomic E-state index is -3.11. The number of amides is 1. The molecule has 38 heavy (non-hydrogen) atoms. The van der Waals surface area contributed by atoms with Crippen molar-refractivity contribution in [2.45, 2.75) is 76.0 Å². The Morgan fingerprint density at radius 3 is 2.42 bits per heavy atom. The van der Waals surface area contributed by atoms with Gasteiger partial charge in [-0.1, -0.05) is 11.6 Å². The van der Waals surface area contributed by atoms with Crippen molar-refractivity contribution in [3.63, 3.8) is 0 Å². The molecular weight excluding hydrogens is 510 g/mol. The molecule has 4 saturated heterocycles. The lowest BCUT2D eigenvalue weighted by atomic mass is 9.68. The van der Waals surface area contributed by atoms with Crippen molar-refractivity contribution in [1.82, 2.24) is 14.1 Å². The molecular formula is C27H45N3O7S. The average molecular weight is 556 g/mol. The van der Waals surface area contributed by atoms with Crippen molar-refractivity contribution < 1.29 is 32.2 Å². The number of rotatable bonds is 9. The molecule has 1 spiro atoms. The number of allylic oxidation sites excluding steroid dienone is 1. The highest BCUT2D eigenvalue weighted by Crippen LogP contribution is 2.59. The van der Waals surface area contributed by atoms with Crippen molar-refractivity contribution in [3.8, 4) is 0 Å². The normalized spacial score (nSPS) is 38.1. The number of hydrogen-bond acceptors (Lipinski definition) is 8. The predicted molar refractivity (Wildman–Crippen MR) is 142 cm³/mol. The Hall–Kier alpha value is -1.24. The van der Waals surface area contributed by atoms with Crippen LogP contribution in [-0.4, -0.2) is 124 Å². The van der Waals surface area contributed by atoms with Gasteiger partial charge in [-0.05, 0) is 58.9 Å². The molecule has 5 aliphatic rings. The van der Waals surface area contributed by atoms with E-state index in [9.17, 15) is 13.2 Å². The summed E-state index contributed by atoms with van der Waals surface area (Å²) in [5, 5.41) is 0. The van der Waals surface area contributed by atoms with Crippen LogP contribution in [0.4, 0.5) is 4.79 Å². The van der Waals surface area contributed by atoms with Gasteiger partial charge < -0.3 is 28.7 Å². The Kier molecular flexibility index (Phi) is 7.91. The zero-order valence-corrected chi connectivity index (χ0v) is 24.4. The van der Waals surface area contributed by atoms with Gasteiger partial charge in [0.2, 0.25) is 10.0 Å². The zero-order valence-electron chi connectivity index (χ0n) is 23.6. The van der Waals surface area contributed by atoms with Gasteiger partial charge in [-0.15, -0.1) is 0 Å². The monoisotopic (exact) mass is 555 g/mol. The Morgan fingerprint density at radius 1 is 1.16 bits per heavy atom. The second-order valence-electron chi connectivity index (χ2n) is 12.4. The third-order valence-electron chi connectivity index (χ3n) is 9.36. The van der Waals surface area contributed by atoms with Crippen LogP contribution in [0.15, 0.2) is 11.6 Å². The molecule has 1 saturated carbocycles. The average Bonchev–Trinajstić information content (AvgIpc) is 3.74. The van der Waals surface area contributed by atoms with Gasteiger partial charge in [0, 0.05) is 46.4 Å². The van der Waals surface area contributed by atoms with Gasteiger partial charge in [-0.3, -0.25) is 0 Å². The van der Waals surface area contributed by atoms with E-state index in [1.165, 1.54) is 11.8 Å². The molecule has 0 aromatic carbocycles. The van der Waals surface area contributed by atoms with Crippen molar-refractivity contribution in [1.29, 1.82) is 0 Å². The summed E-state index contributed by atoms with van der Waals surface area (Å²) in [6.07, 6.45) is 6.21. The number of carbonyl (C=O) groups is 1. The molecule has 4 heterocycles. The van der Waals surface area contributed by atoms with E-state index < -0.39 is 10.0 Å². The Labute approximate surface area is 227 Å². The molecule has 1 aliphatic carbocycles. The van der Waals surface area contributed by atoms with Gasteiger partial charge in [0.05, 0.1) is 24.9 Å². The molecule has 5 rings (SSSR count). The van der Waals surface area contributed by atoms with Crippen LogP contribution in [0.3, 0.4) is 0 Å². The first-order valence-electron chi connectivity index (χ1n) is 14.1. The van der Waals surface area contributed by atoms with Crippen molar-refractivity contribution >= 4 is 16.1 Å². The van der Waals surface area contributed by atoms with E-state index in [0.717, 1.165) is 45.3 Å². The highest BCUT2D eigenvalue weighted by molar-refractivity contribution is 7.88. The van der Waals surface area contributed by atoms with Gasteiger partial charge in [0.15, 0.2) is 0 Å². The Bertz CT molecular complexity index is 1010. The molecule has 10 nitrogen and oxygen atoms in total. The third-order valence-corrected chi connectivity index (χ3v) is 10.7. The van der Waals surface area contributed by atoms with Crippen molar-refractivity contribution in [2.75, 3.05) is 65.8 Å². The summed E-state index contributed by atoms with van der Waals surface area (Å²) < 4.78 is 49.3. The first-order chi connectivity index (χ1) is 17.9. The quantitative estimate of drug-likeness (QED) is 0.315. The second kappa shape index (κ2) is 10.6. The third kappa shape index (κ3) is 5.78. The lowest BCUT2D eigenvalue weighted by Crippen LogP contribution is -2.58. The predicted octanol–water partition coefficient (Wildman–Crippen LogP) is 2.10. The van der Waals surface area contributed by atoms with Crippen LogP contribution in [0, 0.1) is 11.8 Å². The van der Waals surface area contributed by atoms with E-state index in [1.54, 1.807) is 16.3 Å². The van der Waals surface area contributed by atoms with Crippen LogP contribution in [0.1, 0.15) is 46.5 Å². The van der Waals surface area contributed by atoms with E-state index in [2.05, 4.69) is 31.7 Å². The fraction of sp³-hybridized carbons (Fsp3) is 0.889. The summed E-state index contributed by atoms with van der Waals surface area (Å²) in [7, 11) is -1.41. The van der Waals surface area contributed by atoms with E-state index in [1.807, 2.05) is 0 Å². The van der Waals surface area contributed by atoms with Crippen molar-refractivity contribution in [2.24, 2.45) is 11.8 Å². The molecule has 216 valence electrons. The van der Waals surface area contributed by atoms with Crippen LogP contribution in [0.2, 0.25) is 0 Å². The standard InChI is InChI=1S/C27H45N3O7S/c1-19(2)6-7-22-26(3,37-22)24-23(34-4)21(8-10-27(24)18-35-27)36-25(31)29-16-20(17-29)9-11-28-12-14-30(15-13-28)38(5,32)33/h6,20-24H,7-18H2,1-5H3/t21-,22-,23-,24-,26+,27+/m1/s1. The maximum atomic E-state index is 13.0. The van der Waals surface area contributed by atoms with E-state index >= 15 is 0 Å². The van der Waals surface area contributed by atoms with Gasteiger partial charge in [-0.2, -0.15) is 4.31 Å². The van der Waals surface area contributed by atoms with Crippen LogP contribution in [-0.2, 0) is 29.0 Å². The highest BCUT2D eigenvalue weighted by atomic mass is 32.2. The van der Waals surface area contributed by atoms with Gasteiger partial charge in [0.1, 0.15) is 23.4 Å². The lowest BCUT2D eigenvalue weighted by molar-refractivity contribution is -0.124. The molecule has 11 heteroatoms. The van der Waals surface area contributed by atoms with Gasteiger partial charge in [-0.25, -0.2) is 13.2 Å². The van der Waals surface area contributed by atoms with Crippen LogP contribution >= 0.6 is 0 Å². The smallest absolute Gasteiger partial charge is 0.410 e. The maximum Gasteiger partial charge on any atom is 0.410 e. The van der Waals surface area contributed by atoms with Crippen LogP contribution < -0.4 is 0 Å². The minimum Gasteiger partial charge on any atom is -0.443 e. The molecule has 6 atom stereocenters. The molecule has 0 bridgehead atoms. The number of epoxide rings is 2. The second-order valence-corrected chi connectivity index (χ2v) is 14.3. The SMILES string of the molecule is CO[C@@H]1[C@H](OC(=O)N2CC(CCN3CCN(S(C)(=O)=O)CC3)C2)CC[C@]2(CO2)[C@H]1[C@@]1(C)O[C@@H]1CC=C(C)C. The molecule has 0 unspecified atom stereocenters.